The van der Waals surface area contributed by atoms with Crippen LogP contribution in [0.2, 0.25) is 0 Å². The van der Waals surface area contributed by atoms with Crippen LogP contribution in [0.1, 0.15) is 10.4 Å². The van der Waals surface area contributed by atoms with Gasteiger partial charge >= 0.3 is 0 Å². The molecule has 0 aliphatic heterocycles. The predicted molar refractivity (Wildman–Crippen MR) is 153 cm³/mol. The van der Waals surface area contributed by atoms with Gasteiger partial charge in [-0.25, -0.2) is 18.4 Å². The topological polar surface area (TPSA) is 141 Å². The van der Waals surface area contributed by atoms with Crippen LogP contribution in [-0.4, -0.2) is 49.7 Å². The van der Waals surface area contributed by atoms with Gasteiger partial charge in [0.1, 0.15) is 36.9 Å². The van der Waals surface area contributed by atoms with Gasteiger partial charge in [0.2, 0.25) is 5.88 Å². The van der Waals surface area contributed by atoms with E-state index in [1.807, 2.05) is 30.3 Å². The molecule has 0 saturated heterocycles. The summed E-state index contributed by atoms with van der Waals surface area (Å²) in [7, 11) is -2.49. The van der Waals surface area contributed by atoms with Gasteiger partial charge in [-0.1, -0.05) is 18.2 Å². The Bertz CT molecular complexity index is 1550. The molecule has 3 aromatic carbocycles. The second-order valence-electron chi connectivity index (χ2n) is 8.02. The zero-order valence-corrected chi connectivity index (χ0v) is 22.9. The van der Waals surface area contributed by atoms with Crippen molar-refractivity contribution in [2.75, 3.05) is 30.4 Å². The van der Waals surface area contributed by atoms with Crippen LogP contribution in [-0.2, 0) is 10.0 Å². The lowest BCUT2D eigenvalue weighted by Crippen LogP contribution is -2.34. The van der Waals surface area contributed by atoms with Crippen molar-refractivity contribution in [1.29, 1.82) is 0 Å². The summed E-state index contributed by atoms with van der Waals surface area (Å²) in [6.07, 6.45) is 1.19. The third-order valence-electron chi connectivity index (χ3n) is 5.22. The molecule has 0 radical (unpaired) electrons. The Kier molecular flexibility index (Phi) is 9.44. The number of nitrogens with zero attached hydrogens (tertiary/aromatic N) is 2. The molecule has 0 spiro atoms. The number of carbonyl (C=O) groups is 1. The van der Waals surface area contributed by atoms with Crippen molar-refractivity contribution in [1.82, 2.24) is 15.3 Å². The van der Waals surface area contributed by atoms with Gasteiger partial charge in [0.15, 0.2) is 5.11 Å². The van der Waals surface area contributed by atoms with Crippen molar-refractivity contribution >= 4 is 44.8 Å². The van der Waals surface area contributed by atoms with Crippen molar-refractivity contribution in [3.05, 3.63) is 96.8 Å². The second kappa shape index (κ2) is 13.4. The maximum Gasteiger partial charge on any atom is 0.263 e. The Morgan fingerprint density at radius 3 is 2.17 bits per heavy atom. The van der Waals surface area contributed by atoms with Crippen molar-refractivity contribution in [2.24, 2.45) is 0 Å². The number of para-hydroxylation sites is 1. The fraction of sp³-hybridized carbons (Fsp3) is 0.111. The van der Waals surface area contributed by atoms with Gasteiger partial charge in [-0.15, -0.1) is 0 Å². The first-order valence-electron chi connectivity index (χ1n) is 11.8. The highest BCUT2D eigenvalue weighted by molar-refractivity contribution is 7.92. The van der Waals surface area contributed by atoms with Crippen LogP contribution >= 0.6 is 12.2 Å². The molecule has 4 aromatic rings. The number of rotatable bonds is 11. The van der Waals surface area contributed by atoms with Gasteiger partial charge in [0.05, 0.1) is 12.0 Å². The molecular formula is C27H25N5O6S2. The monoisotopic (exact) mass is 579 g/mol. The lowest BCUT2D eigenvalue weighted by Gasteiger charge is -2.12. The van der Waals surface area contributed by atoms with Crippen molar-refractivity contribution in [3.8, 4) is 17.4 Å². The molecule has 0 fully saturated rings. The Hall–Kier alpha value is -4.75. The van der Waals surface area contributed by atoms with Crippen LogP contribution in [0, 0.1) is 0 Å². The normalized spacial score (nSPS) is 10.7. The van der Waals surface area contributed by atoms with E-state index in [1.165, 1.54) is 43.8 Å². The number of thiocarbonyl (C=S) groups is 1. The molecule has 3 N–H and O–H groups in total. The van der Waals surface area contributed by atoms with Gasteiger partial charge in [-0.05, 0) is 72.9 Å². The summed E-state index contributed by atoms with van der Waals surface area (Å²) in [6.45, 7) is 0.729. The van der Waals surface area contributed by atoms with Crippen LogP contribution in [0.15, 0.2) is 96.2 Å². The largest absolute Gasteiger partial charge is 0.490 e. The molecule has 1 heterocycles. The van der Waals surface area contributed by atoms with E-state index in [1.54, 1.807) is 24.3 Å². The SMILES string of the molecule is COc1cc(NS(=O)(=O)c2ccc(NC(=S)NC(=O)c3ccc(OCCOc4ccccc4)cc3)cc2)ncn1. The highest BCUT2D eigenvalue weighted by atomic mass is 32.2. The fourth-order valence-electron chi connectivity index (χ4n) is 3.30. The Balaban J connectivity index is 1.24. The summed E-state index contributed by atoms with van der Waals surface area (Å²) in [5.74, 6) is 1.23. The minimum absolute atomic E-state index is 0.000445. The zero-order valence-electron chi connectivity index (χ0n) is 21.2. The summed E-state index contributed by atoms with van der Waals surface area (Å²) in [5, 5.41) is 5.49. The standard InChI is InChI=1S/C27H25N5O6S2/c1-36-25-17-24(28-18-29-25)32-40(34,35)23-13-9-20(10-14-23)30-27(39)31-26(33)19-7-11-22(12-8-19)38-16-15-37-21-5-3-2-4-6-21/h2-14,17-18H,15-16H2,1H3,(H,28,29,32)(H2,30,31,33,39). The Labute approximate surface area is 236 Å². The number of nitrogens with one attached hydrogen (secondary N) is 3. The quantitative estimate of drug-likeness (QED) is 0.177. The van der Waals surface area contributed by atoms with Crippen molar-refractivity contribution in [3.63, 3.8) is 0 Å². The Morgan fingerprint density at radius 1 is 0.875 bits per heavy atom. The smallest absolute Gasteiger partial charge is 0.263 e. The Morgan fingerprint density at radius 2 is 1.52 bits per heavy atom. The van der Waals surface area contributed by atoms with E-state index in [4.69, 9.17) is 26.4 Å². The molecule has 206 valence electrons. The second-order valence-corrected chi connectivity index (χ2v) is 10.1. The molecule has 0 saturated carbocycles. The highest BCUT2D eigenvalue weighted by Crippen LogP contribution is 2.19. The van der Waals surface area contributed by atoms with Crippen molar-refractivity contribution in [2.45, 2.75) is 4.90 Å². The molecule has 40 heavy (non-hydrogen) atoms. The number of amides is 1. The van der Waals surface area contributed by atoms with Crippen LogP contribution in [0.4, 0.5) is 11.5 Å². The van der Waals surface area contributed by atoms with Gasteiger partial charge in [-0.2, -0.15) is 0 Å². The minimum atomic E-state index is -3.91. The van der Waals surface area contributed by atoms with E-state index in [-0.39, 0.29) is 21.7 Å². The predicted octanol–water partition coefficient (Wildman–Crippen LogP) is 3.87. The van der Waals surface area contributed by atoms with Crippen LogP contribution in [0.5, 0.6) is 17.4 Å². The van der Waals surface area contributed by atoms with E-state index in [0.29, 0.717) is 30.2 Å². The third-order valence-corrected chi connectivity index (χ3v) is 6.79. The molecule has 0 unspecified atom stereocenters. The van der Waals surface area contributed by atoms with E-state index in [2.05, 4.69) is 25.3 Å². The summed E-state index contributed by atoms with van der Waals surface area (Å²) >= 11 is 5.23. The van der Waals surface area contributed by atoms with E-state index in [9.17, 15) is 13.2 Å². The first-order chi connectivity index (χ1) is 19.3. The van der Waals surface area contributed by atoms with Crippen molar-refractivity contribution < 1.29 is 27.4 Å². The molecule has 0 aliphatic rings. The van der Waals surface area contributed by atoms with Crippen LogP contribution < -0.4 is 29.6 Å². The number of benzene rings is 3. The number of hydrogen-bond donors (Lipinski definition) is 3. The average molecular weight is 580 g/mol. The molecule has 4 rings (SSSR count). The molecule has 0 atom stereocenters. The highest BCUT2D eigenvalue weighted by Gasteiger charge is 2.16. The number of sulfonamides is 1. The molecule has 13 heteroatoms. The molecule has 11 nitrogen and oxygen atoms in total. The summed E-state index contributed by atoms with van der Waals surface area (Å²) in [4.78, 5) is 20.3. The summed E-state index contributed by atoms with van der Waals surface area (Å²) < 4.78 is 43.9. The number of aromatic nitrogens is 2. The number of ether oxygens (including phenoxy) is 3. The van der Waals surface area contributed by atoms with E-state index >= 15 is 0 Å². The lowest BCUT2D eigenvalue weighted by molar-refractivity contribution is 0.0977. The maximum absolute atomic E-state index is 12.7. The molecular weight excluding hydrogens is 554 g/mol. The number of hydrogen-bond acceptors (Lipinski definition) is 9. The summed E-state index contributed by atoms with van der Waals surface area (Å²) in [5.41, 5.74) is 0.861. The number of anilines is 2. The maximum atomic E-state index is 12.7. The van der Waals surface area contributed by atoms with Gasteiger partial charge in [0, 0.05) is 17.3 Å². The van der Waals surface area contributed by atoms with Gasteiger partial charge < -0.3 is 19.5 Å². The molecule has 1 amide bonds. The fourth-order valence-corrected chi connectivity index (χ4v) is 4.51. The molecule has 0 bridgehead atoms. The first-order valence-corrected chi connectivity index (χ1v) is 13.7. The van der Waals surface area contributed by atoms with E-state index < -0.39 is 15.9 Å². The van der Waals surface area contributed by atoms with E-state index in [0.717, 1.165) is 5.75 Å². The van der Waals surface area contributed by atoms with Gasteiger partial charge in [0.25, 0.3) is 15.9 Å². The minimum Gasteiger partial charge on any atom is -0.490 e. The average Bonchev–Trinajstić information content (AvgIpc) is 2.96. The van der Waals surface area contributed by atoms with Crippen LogP contribution in [0.3, 0.4) is 0 Å². The van der Waals surface area contributed by atoms with Crippen LogP contribution in [0.25, 0.3) is 0 Å². The van der Waals surface area contributed by atoms with Gasteiger partial charge in [-0.3, -0.25) is 14.8 Å². The molecule has 0 aliphatic carbocycles. The number of methoxy groups -OCH3 is 1. The lowest BCUT2D eigenvalue weighted by atomic mass is 10.2. The third kappa shape index (κ3) is 8.12. The molecule has 1 aromatic heterocycles. The summed E-state index contributed by atoms with van der Waals surface area (Å²) in [6, 6.07) is 23.2. The first kappa shape index (κ1) is 28.3. The number of carbonyl (C=O) groups excluding carboxylic acids is 1. The zero-order chi connectivity index (χ0) is 28.4.